The Bertz CT molecular complexity index is 321. The highest BCUT2D eigenvalue weighted by molar-refractivity contribution is 5.04. The largest absolute Gasteiger partial charge is 0.316 e. The third-order valence-electron chi connectivity index (χ3n) is 3.39. The van der Waals surface area contributed by atoms with Crippen LogP contribution in [0.1, 0.15) is 18.4 Å². The average Bonchev–Trinajstić information content (AvgIpc) is 2.73. The Labute approximate surface area is 97.6 Å². The molecule has 0 spiro atoms. The molecule has 0 bridgehead atoms. The molecule has 0 amide bonds. The summed E-state index contributed by atoms with van der Waals surface area (Å²) in [4.78, 5) is 2.55. The number of hydrogen-bond acceptors (Lipinski definition) is 3. The molecule has 2 heterocycles. The molecule has 1 N–H and O–H groups in total. The van der Waals surface area contributed by atoms with E-state index in [1.165, 1.54) is 31.5 Å². The normalized spacial score (nSPS) is 22.5. The van der Waals surface area contributed by atoms with Crippen molar-refractivity contribution in [2.24, 2.45) is 7.05 Å². The molecule has 0 radical (unpaired) electrons. The molecule has 4 nitrogen and oxygen atoms in total. The van der Waals surface area contributed by atoms with Gasteiger partial charge in [-0.2, -0.15) is 5.10 Å². The second kappa shape index (κ2) is 5.46. The molecule has 0 saturated carbocycles. The van der Waals surface area contributed by atoms with Gasteiger partial charge in [-0.3, -0.25) is 4.68 Å². The third kappa shape index (κ3) is 3.06. The number of piperidine rings is 1. The van der Waals surface area contributed by atoms with Crippen molar-refractivity contribution in [3.05, 3.63) is 18.0 Å². The molecule has 4 heteroatoms. The van der Waals surface area contributed by atoms with E-state index in [-0.39, 0.29) is 0 Å². The summed E-state index contributed by atoms with van der Waals surface area (Å²) in [5.74, 6) is 0. The predicted molar refractivity (Wildman–Crippen MR) is 65.4 cm³/mol. The Morgan fingerprint density at radius 2 is 2.44 bits per heavy atom. The van der Waals surface area contributed by atoms with Gasteiger partial charge in [0.1, 0.15) is 0 Å². The van der Waals surface area contributed by atoms with E-state index in [1.807, 2.05) is 17.9 Å². The van der Waals surface area contributed by atoms with Crippen molar-refractivity contribution in [3.63, 3.8) is 0 Å². The lowest BCUT2D eigenvalue weighted by atomic mass is 10.1. The number of hydrogen-bond donors (Lipinski definition) is 1. The first kappa shape index (κ1) is 11.6. The fraction of sp³-hybridized carbons (Fsp3) is 0.750. The average molecular weight is 222 g/mol. The number of aryl methyl sites for hydroxylation is 1. The molecule has 1 atom stereocenters. The van der Waals surface area contributed by atoms with Gasteiger partial charge in [-0.1, -0.05) is 0 Å². The van der Waals surface area contributed by atoms with Gasteiger partial charge in [0.25, 0.3) is 0 Å². The van der Waals surface area contributed by atoms with Gasteiger partial charge in [0.05, 0.1) is 6.20 Å². The molecule has 90 valence electrons. The monoisotopic (exact) mass is 222 g/mol. The molecule has 1 saturated heterocycles. The van der Waals surface area contributed by atoms with Gasteiger partial charge in [-0.25, -0.2) is 0 Å². The van der Waals surface area contributed by atoms with Gasteiger partial charge in [0.15, 0.2) is 0 Å². The Hall–Kier alpha value is -0.870. The summed E-state index contributed by atoms with van der Waals surface area (Å²) in [5.41, 5.74) is 1.34. The number of rotatable bonds is 4. The van der Waals surface area contributed by atoms with Gasteiger partial charge >= 0.3 is 0 Å². The zero-order valence-corrected chi connectivity index (χ0v) is 10.3. The van der Waals surface area contributed by atoms with Crippen LogP contribution in [0.3, 0.4) is 0 Å². The van der Waals surface area contributed by atoms with E-state index in [4.69, 9.17) is 0 Å². The lowest BCUT2D eigenvalue weighted by molar-refractivity contribution is 0.197. The molecular formula is C12H22N4. The second-order valence-corrected chi connectivity index (χ2v) is 4.70. The maximum absolute atomic E-state index is 4.20. The van der Waals surface area contributed by atoms with E-state index < -0.39 is 0 Å². The highest BCUT2D eigenvalue weighted by Crippen LogP contribution is 2.10. The van der Waals surface area contributed by atoms with Crippen molar-refractivity contribution >= 4 is 0 Å². The summed E-state index contributed by atoms with van der Waals surface area (Å²) in [5, 5.41) is 7.58. The zero-order chi connectivity index (χ0) is 11.4. The van der Waals surface area contributed by atoms with Gasteiger partial charge in [-0.15, -0.1) is 0 Å². The number of aromatic nitrogens is 2. The number of likely N-dealkylation sites (tertiary alicyclic amines) is 1. The number of nitrogens with one attached hydrogen (secondary N) is 1. The fourth-order valence-corrected chi connectivity index (χ4v) is 2.38. The summed E-state index contributed by atoms with van der Waals surface area (Å²) in [7, 11) is 4.04. The molecule has 0 aliphatic carbocycles. The van der Waals surface area contributed by atoms with Crippen LogP contribution < -0.4 is 5.32 Å². The van der Waals surface area contributed by atoms with Crippen LogP contribution in [-0.4, -0.2) is 47.4 Å². The zero-order valence-electron chi connectivity index (χ0n) is 10.3. The summed E-state index contributed by atoms with van der Waals surface area (Å²) >= 11 is 0. The Kier molecular flexibility index (Phi) is 3.96. The smallest absolute Gasteiger partial charge is 0.0522 e. The highest BCUT2D eigenvalue weighted by Gasteiger charge is 2.17. The van der Waals surface area contributed by atoms with Crippen LogP contribution in [0.2, 0.25) is 0 Å². The van der Waals surface area contributed by atoms with E-state index in [0.717, 1.165) is 13.0 Å². The van der Waals surface area contributed by atoms with Crippen molar-refractivity contribution in [1.29, 1.82) is 0 Å². The minimum absolute atomic E-state index is 0.683. The number of likely N-dealkylation sites (N-methyl/N-ethyl adjacent to an activating group) is 1. The summed E-state index contributed by atoms with van der Waals surface area (Å²) < 4.78 is 1.88. The first-order valence-corrected chi connectivity index (χ1v) is 6.15. The minimum atomic E-state index is 0.683. The standard InChI is InChI=1S/C12H22N4/c1-13-12-4-3-6-16(10-12)7-5-11-8-14-15(2)9-11/h8-9,12-13H,3-7,10H2,1-2H3. The van der Waals surface area contributed by atoms with Crippen LogP contribution in [0.4, 0.5) is 0 Å². The first-order chi connectivity index (χ1) is 7.78. The van der Waals surface area contributed by atoms with Crippen LogP contribution in [0.25, 0.3) is 0 Å². The number of nitrogens with zero attached hydrogens (tertiary/aromatic N) is 3. The second-order valence-electron chi connectivity index (χ2n) is 4.70. The van der Waals surface area contributed by atoms with Crippen molar-refractivity contribution < 1.29 is 0 Å². The Balaban J connectivity index is 1.77. The molecule has 1 aromatic heterocycles. The van der Waals surface area contributed by atoms with Gasteiger partial charge < -0.3 is 10.2 Å². The van der Waals surface area contributed by atoms with E-state index in [9.17, 15) is 0 Å². The van der Waals surface area contributed by atoms with Gasteiger partial charge in [0.2, 0.25) is 0 Å². The van der Waals surface area contributed by atoms with E-state index >= 15 is 0 Å². The SMILES string of the molecule is CNC1CCCN(CCc2cnn(C)c2)C1. The van der Waals surface area contributed by atoms with Crippen LogP contribution in [-0.2, 0) is 13.5 Å². The topological polar surface area (TPSA) is 33.1 Å². The quantitative estimate of drug-likeness (QED) is 0.812. The van der Waals surface area contributed by atoms with E-state index in [0.29, 0.717) is 6.04 Å². The first-order valence-electron chi connectivity index (χ1n) is 6.15. The molecule has 16 heavy (non-hydrogen) atoms. The predicted octanol–water partition coefficient (Wildman–Crippen LogP) is 0.646. The lowest BCUT2D eigenvalue weighted by Crippen LogP contribution is -2.44. The molecule has 1 aliphatic rings. The summed E-state index contributed by atoms with van der Waals surface area (Å²) in [6.45, 7) is 3.60. The molecule has 0 aromatic carbocycles. The van der Waals surface area contributed by atoms with Crippen molar-refractivity contribution in [1.82, 2.24) is 20.0 Å². The van der Waals surface area contributed by atoms with Crippen molar-refractivity contribution in [2.75, 3.05) is 26.7 Å². The molecular weight excluding hydrogens is 200 g/mol. The molecule has 2 rings (SSSR count). The van der Waals surface area contributed by atoms with Crippen LogP contribution in [0.15, 0.2) is 12.4 Å². The van der Waals surface area contributed by atoms with Gasteiger partial charge in [0, 0.05) is 32.4 Å². The molecule has 1 aromatic rings. The highest BCUT2D eigenvalue weighted by atomic mass is 15.2. The van der Waals surface area contributed by atoms with Crippen molar-refractivity contribution in [2.45, 2.75) is 25.3 Å². The van der Waals surface area contributed by atoms with Crippen LogP contribution >= 0.6 is 0 Å². The molecule has 1 aliphatic heterocycles. The minimum Gasteiger partial charge on any atom is -0.316 e. The van der Waals surface area contributed by atoms with Crippen LogP contribution in [0.5, 0.6) is 0 Å². The Morgan fingerprint density at radius 3 is 3.12 bits per heavy atom. The summed E-state index contributed by atoms with van der Waals surface area (Å²) in [6.07, 6.45) is 7.84. The summed E-state index contributed by atoms with van der Waals surface area (Å²) in [6, 6.07) is 0.683. The third-order valence-corrected chi connectivity index (χ3v) is 3.39. The maximum atomic E-state index is 4.20. The Morgan fingerprint density at radius 1 is 1.56 bits per heavy atom. The van der Waals surface area contributed by atoms with Crippen LogP contribution in [0, 0.1) is 0 Å². The van der Waals surface area contributed by atoms with E-state index in [2.05, 4.69) is 28.6 Å². The van der Waals surface area contributed by atoms with Gasteiger partial charge in [-0.05, 0) is 38.4 Å². The lowest BCUT2D eigenvalue weighted by Gasteiger charge is -2.32. The fourth-order valence-electron chi connectivity index (χ4n) is 2.38. The maximum Gasteiger partial charge on any atom is 0.0522 e. The molecule has 1 unspecified atom stereocenters. The van der Waals surface area contributed by atoms with Crippen molar-refractivity contribution in [3.8, 4) is 0 Å². The molecule has 1 fully saturated rings. The van der Waals surface area contributed by atoms with E-state index in [1.54, 1.807) is 0 Å².